The van der Waals surface area contributed by atoms with Gasteiger partial charge in [0.15, 0.2) is 12.1 Å². The molecule has 0 bridgehead atoms. The lowest BCUT2D eigenvalue weighted by Crippen LogP contribution is -2.47. The first-order chi connectivity index (χ1) is 16.4. The fourth-order valence-corrected chi connectivity index (χ4v) is 4.27. The van der Waals surface area contributed by atoms with Crippen LogP contribution in [0.4, 0.5) is 10.5 Å². The third-order valence-electron chi connectivity index (χ3n) is 6.17. The van der Waals surface area contributed by atoms with Crippen molar-refractivity contribution in [3.63, 3.8) is 0 Å². The Hall–Kier alpha value is -3.39. The standard InChI is InChI=1S/C26H31N3O5/c1-3-22(30)28-20-7-4-6-19(14-20)24-23(25(31)27-15-21-8-5-13-33-21)29(26(32)34-24)16-18-11-9-17(2)10-12-18/h4,6-7,9-12,14,21,23-24H,3,5,8,13,15-16H2,1-2H3,(H,27,31)(H,28,30). The summed E-state index contributed by atoms with van der Waals surface area (Å²) in [5.41, 5.74) is 3.26. The zero-order valence-corrected chi connectivity index (χ0v) is 19.6. The molecule has 2 N–H and O–H groups in total. The number of hydrogen-bond donors (Lipinski definition) is 2. The molecular formula is C26H31N3O5. The molecule has 2 heterocycles. The monoisotopic (exact) mass is 465 g/mol. The van der Waals surface area contributed by atoms with E-state index >= 15 is 0 Å². The van der Waals surface area contributed by atoms with Crippen LogP contribution >= 0.6 is 0 Å². The summed E-state index contributed by atoms with van der Waals surface area (Å²) in [7, 11) is 0. The van der Waals surface area contributed by atoms with Gasteiger partial charge in [-0.3, -0.25) is 14.5 Å². The van der Waals surface area contributed by atoms with Crippen LogP contribution in [0.15, 0.2) is 48.5 Å². The number of rotatable bonds is 8. The lowest BCUT2D eigenvalue weighted by Gasteiger charge is -2.25. The van der Waals surface area contributed by atoms with Crippen LogP contribution in [-0.4, -0.2) is 48.1 Å². The van der Waals surface area contributed by atoms with Gasteiger partial charge in [-0.25, -0.2) is 4.79 Å². The Morgan fingerprint density at radius 2 is 1.94 bits per heavy atom. The van der Waals surface area contributed by atoms with Gasteiger partial charge in [0.25, 0.3) is 0 Å². The van der Waals surface area contributed by atoms with Gasteiger partial charge in [0.1, 0.15) is 0 Å². The Labute approximate surface area is 199 Å². The maximum Gasteiger partial charge on any atom is 0.411 e. The maximum atomic E-state index is 13.4. The zero-order chi connectivity index (χ0) is 24.1. The molecule has 4 rings (SSSR count). The Balaban J connectivity index is 1.59. The van der Waals surface area contributed by atoms with E-state index in [1.807, 2.05) is 31.2 Å². The molecule has 180 valence electrons. The van der Waals surface area contributed by atoms with Crippen LogP contribution in [0.1, 0.15) is 49.0 Å². The van der Waals surface area contributed by atoms with Crippen molar-refractivity contribution in [2.24, 2.45) is 0 Å². The molecule has 34 heavy (non-hydrogen) atoms. The quantitative estimate of drug-likeness (QED) is 0.620. The van der Waals surface area contributed by atoms with E-state index in [0.29, 0.717) is 30.8 Å². The van der Waals surface area contributed by atoms with Gasteiger partial charge in [-0.05, 0) is 43.0 Å². The highest BCUT2D eigenvalue weighted by Crippen LogP contribution is 2.35. The Kier molecular flexibility index (Phi) is 7.47. The van der Waals surface area contributed by atoms with Gasteiger partial charge in [0.05, 0.1) is 12.6 Å². The van der Waals surface area contributed by atoms with Gasteiger partial charge in [-0.15, -0.1) is 0 Å². The molecule has 0 spiro atoms. The van der Waals surface area contributed by atoms with Crippen molar-refractivity contribution in [1.29, 1.82) is 0 Å². The molecule has 3 unspecified atom stereocenters. The van der Waals surface area contributed by atoms with Crippen LogP contribution in [0.3, 0.4) is 0 Å². The van der Waals surface area contributed by atoms with E-state index in [1.165, 1.54) is 4.90 Å². The van der Waals surface area contributed by atoms with E-state index in [4.69, 9.17) is 9.47 Å². The minimum atomic E-state index is -0.854. The summed E-state index contributed by atoms with van der Waals surface area (Å²) in [6.45, 7) is 5.11. The van der Waals surface area contributed by atoms with Crippen molar-refractivity contribution in [2.45, 2.75) is 57.9 Å². The number of nitrogens with one attached hydrogen (secondary N) is 2. The summed E-state index contributed by atoms with van der Waals surface area (Å²) in [5.74, 6) is -0.408. The van der Waals surface area contributed by atoms with Crippen molar-refractivity contribution in [3.8, 4) is 0 Å². The van der Waals surface area contributed by atoms with Crippen LogP contribution in [0.5, 0.6) is 0 Å². The van der Waals surface area contributed by atoms with E-state index in [0.717, 1.165) is 24.0 Å². The number of amides is 3. The molecule has 0 radical (unpaired) electrons. The number of carbonyl (C=O) groups is 3. The fourth-order valence-electron chi connectivity index (χ4n) is 4.27. The predicted octanol–water partition coefficient (Wildman–Crippen LogP) is 3.70. The summed E-state index contributed by atoms with van der Waals surface area (Å²) in [6.07, 6.45) is 0.853. The zero-order valence-electron chi connectivity index (χ0n) is 19.6. The van der Waals surface area contributed by atoms with E-state index < -0.39 is 18.2 Å². The normalized spacial score (nSPS) is 21.9. The molecule has 0 saturated carbocycles. The lowest BCUT2D eigenvalue weighted by atomic mass is 10.00. The number of benzene rings is 2. The number of carbonyl (C=O) groups excluding carboxylic acids is 3. The van der Waals surface area contributed by atoms with E-state index in [2.05, 4.69) is 10.6 Å². The van der Waals surface area contributed by atoms with Crippen LogP contribution in [0, 0.1) is 6.92 Å². The average molecular weight is 466 g/mol. The van der Waals surface area contributed by atoms with Gasteiger partial charge in [0.2, 0.25) is 11.8 Å². The van der Waals surface area contributed by atoms with Crippen molar-refractivity contribution in [1.82, 2.24) is 10.2 Å². The largest absolute Gasteiger partial charge is 0.438 e. The second-order valence-electron chi connectivity index (χ2n) is 8.77. The van der Waals surface area contributed by atoms with Crippen molar-refractivity contribution < 1.29 is 23.9 Å². The number of hydrogen-bond acceptors (Lipinski definition) is 5. The van der Waals surface area contributed by atoms with Crippen molar-refractivity contribution >= 4 is 23.6 Å². The molecular weight excluding hydrogens is 434 g/mol. The number of nitrogens with zero attached hydrogens (tertiary/aromatic N) is 1. The molecule has 2 aliphatic rings. The molecule has 0 aliphatic carbocycles. The summed E-state index contributed by atoms with van der Waals surface area (Å²) in [4.78, 5) is 39.6. The Morgan fingerprint density at radius 1 is 1.15 bits per heavy atom. The SMILES string of the molecule is CCC(=O)Nc1cccc(C2OC(=O)N(Cc3ccc(C)cc3)C2C(=O)NCC2CCCO2)c1. The third-order valence-corrected chi connectivity index (χ3v) is 6.17. The molecule has 8 nitrogen and oxygen atoms in total. The average Bonchev–Trinajstić information content (AvgIpc) is 3.47. The third kappa shape index (κ3) is 5.56. The smallest absolute Gasteiger partial charge is 0.411 e. The molecule has 2 aromatic carbocycles. The second-order valence-corrected chi connectivity index (χ2v) is 8.77. The van der Waals surface area contributed by atoms with Crippen LogP contribution in [0.2, 0.25) is 0 Å². The molecule has 2 aromatic rings. The number of cyclic esters (lactones) is 1. The van der Waals surface area contributed by atoms with Crippen LogP contribution < -0.4 is 10.6 Å². The molecule has 2 aliphatic heterocycles. The lowest BCUT2D eigenvalue weighted by molar-refractivity contribution is -0.127. The van der Waals surface area contributed by atoms with Crippen molar-refractivity contribution in [2.75, 3.05) is 18.5 Å². The minimum absolute atomic E-state index is 0.0152. The van der Waals surface area contributed by atoms with Crippen LogP contribution in [-0.2, 0) is 25.6 Å². The number of anilines is 1. The summed E-state index contributed by atoms with van der Waals surface area (Å²) in [6, 6.07) is 14.1. The summed E-state index contributed by atoms with van der Waals surface area (Å²) >= 11 is 0. The minimum Gasteiger partial charge on any atom is -0.438 e. The van der Waals surface area contributed by atoms with Crippen molar-refractivity contribution in [3.05, 3.63) is 65.2 Å². The highest BCUT2D eigenvalue weighted by Gasteiger charge is 2.47. The topological polar surface area (TPSA) is 97.0 Å². The van der Waals surface area contributed by atoms with E-state index in [9.17, 15) is 14.4 Å². The fraction of sp³-hybridized carbons (Fsp3) is 0.423. The highest BCUT2D eigenvalue weighted by atomic mass is 16.6. The maximum absolute atomic E-state index is 13.4. The van der Waals surface area contributed by atoms with Gasteiger partial charge in [0, 0.05) is 25.3 Å². The van der Waals surface area contributed by atoms with E-state index in [1.54, 1.807) is 31.2 Å². The van der Waals surface area contributed by atoms with Gasteiger partial charge in [-0.1, -0.05) is 48.9 Å². The first-order valence-corrected chi connectivity index (χ1v) is 11.8. The first-order valence-electron chi connectivity index (χ1n) is 11.8. The Bertz CT molecular complexity index is 1030. The summed E-state index contributed by atoms with van der Waals surface area (Å²) in [5, 5.41) is 5.78. The Morgan fingerprint density at radius 3 is 2.65 bits per heavy atom. The number of aryl methyl sites for hydroxylation is 1. The first kappa shape index (κ1) is 23.8. The van der Waals surface area contributed by atoms with Gasteiger partial charge < -0.3 is 20.1 Å². The van der Waals surface area contributed by atoms with Gasteiger partial charge >= 0.3 is 6.09 Å². The van der Waals surface area contributed by atoms with Crippen LogP contribution in [0.25, 0.3) is 0 Å². The molecule has 3 atom stereocenters. The second kappa shape index (κ2) is 10.7. The van der Waals surface area contributed by atoms with Gasteiger partial charge in [-0.2, -0.15) is 0 Å². The highest BCUT2D eigenvalue weighted by molar-refractivity contribution is 5.91. The molecule has 8 heteroatoms. The number of ether oxygens (including phenoxy) is 2. The molecule has 3 amide bonds. The molecule has 0 aromatic heterocycles. The molecule has 2 saturated heterocycles. The molecule has 2 fully saturated rings. The predicted molar refractivity (Wildman–Crippen MR) is 127 cm³/mol. The van der Waals surface area contributed by atoms with E-state index in [-0.39, 0.29) is 24.5 Å². The summed E-state index contributed by atoms with van der Waals surface area (Å²) < 4.78 is 11.4.